The highest BCUT2D eigenvalue weighted by atomic mass is 32.2. The van der Waals surface area contributed by atoms with Crippen LogP contribution in [0.5, 0.6) is 0 Å². The third-order valence-electron chi connectivity index (χ3n) is 2.05. The van der Waals surface area contributed by atoms with E-state index in [0.717, 1.165) is 12.1 Å². The minimum absolute atomic E-state index is 0.00808. The van der Waals surface area contributed by atoms with E-state index in [9.17, 15) is 12.8 Å². The largest absolute Gasteiger partial charge is 0.399 e. The molecule has 6 nitrogen and oxygen atoms in total. The van der Waals surface area contributed by atoms with Crippen LogP contribution in [0.25, 0.3) is 0 Å². The molecule has 3 N–H and O–H groups in total. The molecule has 1 aromatic carbocycles. The first-order chi connectivity index (χ1) is 8.49. The number of benzene rings is 1. The van der Waals surface area contributed by atoms with E-state index >= 15 is 0 Å². The lowest BCUT2D eigenvalue weighted by Crippen LogP contribution is -2.15. The lowest BCUT2D eigenvalue weighted by molar-refractivity contribution is 0.570. The molecule has 0 aliphatic rings. The minimum atomic E-state index is -4.04. The highest BCUT2D eigenvalue weighted by Gasteiger charge is 2.19. The summed E-state index contributed by atoms with van der Waals surface area (Å²) in [5.41, 5.74) is 5.49. The second-order valence-electron chi connectivity index (χ2n) is 3.39. The van der Waals surface area contributed by atoms with Crippen molar-refractivity contribution in [2.75, 3.05) is 10.5 Å². The monoisotopic (exact) mass is 268 g/mol. The molecule has 18 heavy (non-hydrogen) atoms. The topological polar surface area (TPSA) is 98.0 Å². The van der Waals surface area contributed by atoms with Gasteiger partial charge in [-0.2, -0.15) is 0 Å². The Labute approximate surface area is 103 Å². The molecule has 0 radical (unpaired) electrons. The van der Waals surface area contributed by atoms with Crippen molar-refractivity contribution < 1.29 is 12.8 Å². The minimum Gasteiger partial charge on any atom is -0.399 e. The van der Waals surface area contributed by atoms with Crippen molar-refractivity contribution in [2.24, 2.45) is 0 Å². The summed E-state index contributed by atoms with van der Waals surface area (Å²) < 4.78 is 39.4. The van der Waals surface area contributed by atoms with Gasteiger partial charge in [-0.25, -0.2) is 17.8 Å². The molecule has 0 saturated heterocycles. The zero-order chi connectivity index (χ0) is 13.2. The van der Waals surface area contributed by atoms with Gasteiger partial charge in [0.25, 0.3) is 10.0 Å². The summed E-state index contributed by atoms with van der Waals surface area (Å²) in [7, 11) is -4.04. The number of anilines is 2. The maximum Gasteiger partial charge on any atom is 0.266 e. The second kappa shape index (κ2) is 4.57. The van der Waals surface area contributed by atoms with Gasteiger partial charge >= 0.3 is 0 Å². The number of sulfonamides is 1. The van der Waals surface area contributed by atoms with E-state index in [1.54, 1.807) is 0 Å². The molecule has 0 spiro atoms. The Morgan fingerprint density at radius 2 is 2.06 bits per heavy atom. The van der Waals surface area contributed by atoms with Crippen molar-refractivity contribution in [2.45, 2.75) is 4.90 Å². The third-order valence-corrected chi connectivity index (χ3v) is 3.44. The molecular weight excluding hydrogens is 259 g/mol. The predicted octanol–water partition coefficient (Wildman–Crippen LogP) is 0.999. The van der Waals surface area contributed by atoms with Crippen LogP contribution in [0, 0.1) is 5.82 Å². The van der Waals surface area contributed by atoms with Crippen molar-refractivity contribution in [1.29, 1.82) is 0 Å². The Balaban J connectivity index is 2.37. The zero-order valence-corrected chi connectivity index (χ0v) is 9.86. The number of nitrogens with two attached hydrogens (primary N) is 1. The van der Waals surface area contributed by atoms with Gasteiger partial charge in [0.05, 0.1) is 6.20 Å². The molecule has 2 rings (SSSR count). The molecule has 0 saturated carbocycles. The number of hydrogen-bond acceptors (Lipinski definition) is 5. The van der Waals surface area contributed by atoms with Crippen LogP contribution in [0.15, 0.2) is 41.7 Å². The van der Waals surface area contributed by atoms with E-state index in [1.165, 1.54) is 24.7 Å². The Morgan fingerprint density at radius 3 is 2.67 bits per heavy atom. The Bertz CT molecular complexity index is 661. The van der Waals surface area contributed by atoms with Crippen LogP contribution in [0.3, 0.4) is 0 Å². The molecule has 1 heterocycles. The van der Waals surface area contributed by atoms with E-state index in [1.807, 2.05) is 0 Å². The SMILES string of the molecule is Nc1ccc(S(=O)(=O)Nc2cnccn2)c(F)c1. The van der Waals surface area contributed by atoms with Crippen molar-refractivity contribution in [3.63, 3.8) is 0 Å². The summed E-state index contributed by atoms with van der Waals surface area (Å²) in [6.07, 6.45) is 3.92. The van der Waals surface area contributed by atoms with Crippen LogP contribution in [0.1, 0.15) is 0 Å². The number of hydrogen-bond donors (Lipinski definition) is 2. The lowest BCUT2D eigenvalue weighted by Gasteiger charge is -2.07. The average Bonchev–Trinajstić information content (AvgIpc) is 2.29. The van der Waals surface area contributed by atoms with Crippen LogP contribution in [0.4, 0.5) is 15.9 Å². The van der Waals surface area contributed by atoms with E-state index in [2.05, 4.69) is 14.7 Å². The fraction of sp³-hybridized carbons (Fsp3) is 0. The highest BCUT2D eigenvalue weighted by molar-refractivity contribution is 7.92. The average molecular weight is 268 g/mol. The summed E-state index contributed by atoms with van der Waals surface area (Å²) in [4.78, 5) is 6.93. The van der Waals surface area contributed by atoms with Crippen LogP contribution in [-0.2, 0) is 10.0 Å². The molecule has 0 fully saturated rings. The van der Waals surface area contributed by atoms with Crippen molar-refractivity contribution in [3.05, 3.63) is 42.6 Å². The number of halogens is 1. The van der Waals surface area contributed by atoms with Crippen LogP contribution >= 0.6 is 0 Å². The van der Waals surface area contributed by atoms with Crippen molar-refractivity contribution in [3.8, 4) is 0 Å². The number of nitrogens with one attached hydrogen (secondary N) is 1. The molecular formula is C10H9FN4O2S. The number of aromatic nitrogens is 2. The molecule has 0 atom stereocenters. The lowest BCUT2D eigenvalue weighted by atomic mass is 10.3. The zero-order valence-electron chi connectivity index (χ0n) is 9.04. The van der Waals surface area contributed by atoms with E-state index in [0.29, 0.717) is 0 Å². The summed E-state index contributed by atoms with van der Waals surface area (Å²) in [6, 6.07) is 3.32. The van der Waals surface area contributed by atoms with Crippen LogP contribution in [-0.4, -0.2) is 18.4 Å². The van der Waals surface area contributed by atoms with Crippen molar-refractivity contribution >= 4 is 21.5 Å². The smallest absolute Gasteiger partial charge is 0.266 e. The summed E-state index contributed by atoms with van der Waals surface area (Å²) in [5, 5.41) is 0. The van der Waals surface area contributed by atoms with E-state index in [4.69, 9.17) is 5.73 Å². The van der Waals surface area contributed by atoms with Gasteiger partial charge in [0, 0.05) is 18.1 Å². The second-order valence-corrected chi connectivity index (χ2v) is 5.04. The molecule has 0 amide bonds. The Kier molecular flexibility index (Phi) is 3.11. The molecule has 94 valence electrons. The number of nitrogens with zero attached hydrogens (tertiary/aromatic N) is 2. The normalized spacial score (nSPS) is 11.2. The first-order valence-electron chi connectivity index (χ1n) is 4.83. The molecule has 2 aromatic rings. The van der Waals surface area contributed by atoms with Gasteiger partial charge in [0.15, 0.2) is 5.82 Å². The van der Waals surface area contributed by atoms with Gasteiger partial charge < -0.3 is 5.73 Å². The fourth-order valence-corrected chi connectivity index (χ4v) is 2.33. The third kappa shape index (κ3) is 2.54. The highest BCUT2D eigenvalue weighted by Crippen LogP contribution is 2.19. The Hall–Kier alpha value is -2.22. The van der Waals surface area contributed by atoms with E-state index < -0.39 is 20.7 Å². The van der Waals surface area contributed by atoms with Gasteiger partial charge in [-0.15, -0.1) is 0 Å². The number of rotatable bonds is 3. The van der Waals surface area contributed by atoms with Gasteiger partial charge in [-0.1, -0.05) is 0 Å². The Morgan fingerprint density at radius 1 is 1.28 bits per heavy atom. The molecule has 1 aromatic heterocycles. The maximum absolute atomic E-state index is 13.5. The predicted molar refractivity (Wildman–Crippen MR) is 63.7 cm³/mol. The van der Waals surface area contributed by atoms with Crippen LogP contribution < -0.4 is 10.5 Å². The standard InChI is InChI=1S/C10H9FN4O2S/c11-8-5-7(12)1-2-9(8)18(16,17)15-10-6-13-3-4-14-10/h1-6H,12H2,(H,14,15). The molecule has 8 heteroatoms. The molecule has 0 bridgehead atoms. The van der Waals surface area contributed by atoms with Gasteiger partial charge in [0.1, 0.15) is 10.7 Å². The maximum atomic E-state index is 13.5. The van der Waals surface area contributed by atoms with Gasteiger partial charge in [0.2, 0.25) is 0 Å². The molecule has 0 unspecified atom stereocenters. The summed E-state index contributed by atoms with van der Waals surface area (Å²) >= 11 is 0. The first-order valence-corrected chi connectivity index (χ1v) is 6.31. The van der Waals surface area contributed by atoms with Crippen LogP contribution in [0.2, 0.25) is 0 Å². The van der Waals surface area contributed by atoms with Gasteiger partial charge in [-0.3, -0.25) is 9.71 Å². The quantitative estimate of drug-likeness (QED) is 0.809. The fourth-order valence-electron chi connectivity index (χ4n) is 1.28. The number of nitrogen functional groups attached to an aromatic ring is 1. The molecule has 0 aliphatic heterocycles. The summed E-state index contributed by atoms with van der Waals surface area (Å²) in [5.74, 6) is -0.917. The van der Waals surface area contributed by atoms with E-state index in [-0.39, 0.29) is 11.5 Å². The summed E-state index contributed by atoms with van der Waals surface area (Å²) in [6.45, 7) is 0. The van der Waals surface area contributed by atoms with Gasteiger partial charge in [-0.05, 0) is 18.2 Å². The molecule has 0 aliphatic carbocycles. The van der Waals surface area contributed by atoms with Crippen molar-refractivity contribution in [1.82, 2.24) is 9.97 Å². The first kappa shape index (κ1) is 12.2.